The number of nitrogens with two attached hydrogens (primary N) is 1. The van der Waals surface area contributed by atoms with E-state index < -0.39 is 60.2 Å². The Bertz CT molecular complexity index is 858. The van der Waals surface area contributed by atoms with Crippen LogP contribution in [0.4, 0.5) is 0 Å². The summed E-state index contributed by atoms with van der Waals surface area (Å²) < 4.78 is 0. The van der Waals surface area contributed by atoms with Crippen LogP contribution in [0.25, 0.3) is 0 Å². The quantitative estimate of drug-likeness (QED) is 0.216. The van der Waals surface area contributed by atoms with Crippen LogP contribution in [0.5, 0.6) is 0 Å². The molecule has 0 aliphatic carbocycles. The number of amides is 3. The first kappa shape index (κ1) is 28.6. The summed E-state index contributed by atoms with van der Waals surface area (Å²) in [4.78, 5) is 60.5. The zero-order valence-corrected chi connectivity index (χ0v) is 19.6. The Morgan fingerprint density at radius 3 is 1.85 bits per heavy atom. The Kier molecular flexibility index (Phi) is 11.7. The smallest absolute Gasteiger partial charge is 0.326 e. The second kappa shape index (κ2) is 13.9. The molecule has 0 aromatic heterocycles. The van der Waals surface area contributed by atoms with Crippen molar-refractivity contribution in [2.24, 2.45) is 11.7 Å². The van der Waals surface area contributed by atoms with E-state index in [2.05, 4.69) is 16.0 Å². The average Bonchev–Trinajstić information content (AvgIpc) is 2.75. The van der Waals surface area contributed by atoms with Crippen molar-refractivity contribution in [3.05, 3.63) is 35.9 Å². The van der Waals surface area contributed by atoms with Gasteiger partial charge in [0.2, 0.25) is 17.7 Å². The molecule has 11 nitrogen and oxygen atoms in total. The summed E-state index contributed by atoms with van der Waals surface area (Å²) in [6.07, 6.45) is -0.351. The largest absolute Gasteiger partial charge is 0.481 e. The summed E-state index contributed by atoms with van der Waals surface area (Å²) in [6.45, 7) is 5.06. The molecule has 1 aromatic rings. The molecule has 188 valence electrons. The van der Waals surface area contributed by atoms with Gasteiger partial charge in [0.25, 0.3) is 0 Å². The van der Waals surface area contributed by atoms with Gasteiger partial charge >= 0.3 is 11.9 Å². The lowest BCUT2D eigenvalue weighted by molar-refractivity contribution is -0.142. The predicted molar refractivity (Wildman–Crippen MR) is 124 cm³/mol. The van der Waals surface area contributed by atoms with Crippen LogP contribution < -0.4 is 21.7 Å². The van der Waals surface area contributed by atoms with Crippen molar-refractivity contribution in [3.8, 4) is 0 Å². The second-order valence-electron chi connectivity index (χ2n) is 8.56. The minimum Gasteiger partial charge on any atom is -0.481 e. The Labute approximate surface area is 198 Å². The standard InChI is InChI=1S/C23H34N4O7/c1-13(2)11-17(22(32)27-18(23(33)34)12-15-7-5-4-6-8-15)26-21(31)16(9-10-19(28)29)25-20(30)14(3)24/h4-8,13-14,16-18H,9-12,24H2,1-3H3,(H,25,30)(H,26,31)(H,27,32)(H,28,29)(H,33,34). The topological polar surface area (TPSA) is 188 Å². The number of rotatable bonds is 14. The fourth-order valence-corrected chi connectivity index (χ4v) is 3.14. The third-order valence-electron chi connectivity index (χ3n) is 4.93. The molecule has 0 heterocycles. The molecule has 0 aliphatic rings. The number of carboxylic acids is 2. The lowest BCUT2D eigenvalue weighted by atomic mass is 10.0. The van der Waals surface area contributed by atoms with Gasteiger partial charge in [0.15, 0.2) is 0 Å². The minimum atomic E-state index is -1.23. The van der Waals surface area contributed by atoms with E-state index in [0.717, 1.165) is 0 Å². The van der Waals surface area contributed by atoms with E-state index in [-0.39, 0.29) is 25.2 Å². The van der Waals surface area contributed by atoms with E-state index in [4.69, 9.17) is 10.8 Å². The zero-order valence-electron chi connectivity index (χ0n) is 19.6. The predicted octanol–water partition coefficient (Wildman–Crippen LogP) is 0.0262. The van der Waals surface area contributed by atoms with Gasteiger partial charge in [-0.25, -0.2) is 4.79 Å². The summed E-state index contributed by atoms with van der Waals surface area (Å²) in [5.74, 6) is -4.52. The Morgan fingerprint density at radius 1 is 0.824 bits per heavy atom. The van der Waals surface area contributed by atoms with Gasteiger partial charge in [0.05, 0.1) is 6.04 Å². The molecule has 1 rings (SSSR count). The molecule has 4 atom stereocenters. The highest BCUT2D eigenvalue weighted by Gasteiger charge is 2.30. The van der Waals surface area contributed by atoms with E-state index >= 15 is 0 Å². The molecule has 11 heteroatoms. The van der Waals surface area contributed by atoms with Crippen LogP contribution in [0.3, 0.4) is 0 Å². The van der Waals surface area contributed by atoms with E-state index in [9.17, 15) is 29.1 Å². The van der Waals surface area contributed by atoms with Crippen LogP contribution in [0, 0.1) is 5.92 Å². The molecule has 0 bridgehead atoms. The molecule has 0 spiro atoms. The van der Waals surface area contributed by atoms with Crippen molar-refractivity contribution >= 4 is 29.7 Å². The molecule has 0 fully saturated rings. The SMILES string of the molecule is CC(C)CC(NC(=O)C(CCC(=O)O)NC(=O)C(C)N)C(=O)NC(Cc1ccccc1)C(=O)O. The van der Waals surface area contributed by atoms with Gasteiger partial charge in [-0.15, -0.1) is 0 Å². The highest BCUT2D eigenvalue weighted by Crippen LogP contribution is 2.09. The maximum absolute atomic E-state index is 12.9. The summed E-state index contributed by atoms with van der Waals surface area (Å²) in [5, 5.41) is 25.9. The first-order valence-electron chi connectivity index (χ1n) is 11.1. The molecule has 34 heavy (non-hydrogen) atoms. The Hall–Kier alpha value is -3.47. The number of carbonyl (C=O) groups excluding carboxylic acids is 3. The maximum atomic E-state index is 12.9. The molecular formula is C23H34N4O7. The molecule has 4 unspecified atom stereocenters. The fourth-order valence-electron chi connectivity index (χ4n) is 3.14. The Morgan fingerprint density at radius 2 is 1.35 bits per heavy atom. The summed E-state index contributed by atoms with van der Waals surface area (Å²) >= 11 is 0. The number of hydrogen-bond donors (Lipinski definition) is 6. The molecule has 0 radical (unpaired) electrons. The third-order valence-corrected chi connectivity index (χ3v) is 4.93. The van der Waals surface area contributed by atoms with Gasteiger partial charge in [0, 0.05) is 12.8 Å². The molecule has 0 saturated carbocycles. The molecule has 0 saturated heterocycles. The number of benzene rings is 1. The first-order valence-corrected chi connectivity index (χ1v) is 11.1. The molecular weight excluding hydrogens is 444 g/mol. The normalized spacial score (nSPS) is 14.4. The van der Waals surface area contributed by atoms with E-state index in [1.54, 1.807) is 30.3 Å². The minimum absolute atomic E-state index is 0.0374. The van der Waals surface area contributed by atoms with Gasteiger partial charge in [-0.3, -0.25) is 19.2 Å². The van der Waals surface area contributed by atoms with Crippen molar-refractivity contribution in [2.75, 3.05) is 0 Å². The fraction of sp³-hybridized carbons (Fsp3) is 0.522. The highest BCUT2D eigenvalue weighted by molar-refractivity contribution is 5.94. The average molecular weight is 479 g/mol. The number of hydrogen-bond acceptors (Lipinski definition) is 6. The van der Waals surface area contributed by atoms with Crippen LogP contribution in [0.2, 0.25) is 0 Å². The van der Waals surface area contributed by atoms with Crippen molar-refractivity contribution < 1.29 is 34.2 Å². The van der Waals surface area contributed by atoms with Crippen LogP contribution in [0.15, 0.2) is 30.3 Å². The van der Waals surface area contributed by atoms with Crippen LogP contribution in [0.1, 0.15) is 45.6 Å². The summed E-state index contributed by atoms with van der Waals surface area (Å²) in [6, 6.07) is 4.31. The van der Waals surface area contributed by atoms with E-state index in [0.29, 0.717) is 5.56 Å². The lowest BCUT2D eigenvalue weighted by Gasteiger charge is -2.25. The highest BCUT2D eigenvalue weighted by atomic mass is 16.4. The van der Waals surface area contributed by atoms with Gasteiger partial charge in [0.1, 0.15) is 18.1 Å². The van der Waals surface area contributed by atoms with Gasteiger partial charge in [-0.05, 0) is 31.2 Å². The molecule has 1 aromatic carbocycles. The molecule has 7 N–H and O–H groups in total. The van der Waals surface area contributed by atoms with Crippen molar-refractivity contribution in [1.82, 2.24) is 16.0 Å². The van der Waals surface area contributed by atoms with Crippen molar-refractivity contribution in [2.45, 2.75) is 70.6 Å². The van der Waals surface area contributed by atoms with Crippen molar-refractivity contribution in [1.29, 1.82) is 0 Å². The third kappa shape index (κ3) is 10.4. The Balaban J connectivity index is 2.99. The molecule has 3 amide bonds. The van der Waals surface area contributed by atoms with E-state index in [1.165, 1.54) is 6.92 Å². The van der Waals surface area contributed by atoms with Gasteiger partial charge in [-0.1, -0.05) is 44.2 Å². The maximum Gasteiger partial charge on any atom is 0.326 e. The van der Waals surface area contributed by atoms with Gasteiger partial charge < -0.3 is 31.9 Å². The summed E-state index contributed by atoms with van der Waals surface area (Å²) in [5.41, 5.74) is 6.24. The number of nitrogens with one attached hydrogen (secondary N) is 3. The second-order valence-corrected chi connectivity index (χ2v) is 8.56. The summed E-state index contributed by atoms with van der Waals surface area (Å²) in [7, 11) is 0. The number of carboxylic acid groups (broad SMARTS) is 2. The van der Waals surface area contributed by atoms with E-state index in [1.807, 2.05) is 13.8 Å². The van der Waals surface area contributed by atoms with Gasteiger partial charge in [-0.2, -0.15) is 0 Å². The first-order chi connectivity index (χ1) is 15.9. The number of aliphatic carboxylic acids is 2. The number of carbonyl (C=O) groups is 5. The lowest BCUT2D eigenvalue weighted by Crippen LogP contribution is -2.57. The van der Waals surface area contributed by atoms with Crippen molar-refractivity contribution in [3.63, 3.8) is 0 Å². The zero-order chi connectivity index (χ0) is 25.8. The monoisotopic (exact) mass is 478 g/mol. The van der Waals surface area contributed by atoms with Crippen LogP contribution >= 0.6 is 0 Å². The molecule has 0 aliphatic heterocycles. The van der Waals surface area contributed by atoms with Crippen LogP contribution in [-0.2, 0) is 30.4 Å². The van der Waals surface area contributed by atoms with Crippen LogP contribution in [-0.4, -0.2) is 64.0 Å².